The van der Waals surface area contributed by atoms with Gasteiger partial charge in [0.2, 0.25) is 5.75 Å². The quantitative estimate of drug-likeness (QED) is 0.172. The van der Waals surface area contributed by atoms with E-state index in [9.17, 15) is 32.9 Å². The molecule has 166 valence electrons. The summed E-state index contributed by atoms with van der Waals surface area (Å²) in [5.41, 5.74) is -1.92. The van der Waals surface area contributed by atoms with Crippen LogP contribution in [0.3, 0.4) is 0 Å². The fourth-order valence-electron chi connectivity index (χ4n) is 2.57. The van der Waals surface area contributed by atoms with Crippen molar-refractivity contribution < 1.29 is 32.4 Å². The SMILES string of the molecule is O=C1NC(=S)NC(=O)C1=Cc1cc(Br)c(Oc2ccc(C(F)(F)F)cc2[N+](=O)[O-])c(Br)c1. The molecule has 1 aliphatic heterocycles. The van der Waals surface area contributed by atoms with E-state index in [2.05, 4.69) is 42.5 Å². The van der Waals surface area contributed by atoms with E-state index < -0.39 is 39.9 Å². The summed E-state index contributed by atoms with van der Waals surface area (Å²) in [6, 6.07) is 4.76. The Morgan fingerprint density at radius 2 is 1.62 bits per heavy atom. The lowest BCUT2D eigenvalue weighted by atomic mass is 10.1. The van der Waals surface area contributed by atoms with Gasteiger partial charge in [-0.1, -0.05) is 0 Å². The summed E-state index contributed by atoms with van der Waals surface area (Å²) in [5.74, 6) is -1.80. The van der Waals surface area contributed by atoms with E-state index in [0.717, 1.165) is 6.07 Å². The molecule has 14 heteroatoms. The molecule has 1 heterocycles. The lowest BCUT2D eigenvalue weighted by molar-refractivity contribution is -0.385. The van der Waals surface area contributed by atoms with Crippen LogP contribution in [0.1, 0.15) is 11.1 Å². The predicted molar refractivity (Wildman–Crippen MR) is 117 cm³/mol. The monoisotopic (exact) mass is 593 g/mol. The summed E-state index contributed by atoms with van der Waals surface area (Å²) < 4.78 is 44.6. The summed E-state index contributed by atoms with van der Waals surface area (Å²) in [6.07, 6.45) is -3.49. The van der Waals surface area contributed by atoms with Crippen LogP contribution in [0.15, 0.2) is 44.9 Å². The Balaban J connectivity index is 1.97. The Bertz CT molecular complexity index is 1170. The molecule has 0 aliphatic carbocycles. The van der Waals surface area contributed by atoms with Crippen molar-refractivity contribution in [1.82, 2.24) is 10.6 Å². The molecule has 0 bridgehead atoms. The number of alkyl halides is 3. The first kappa shape index (κ1) is 23.8. The molecule has 2 N–H and O–H groups in total. The molecule has 2 aromatic carbocycles. The average molecular weight is 595 g/mol. The van der Waals surface area contributed by atoms with Crippen molar-refractivity contribution in [2.75, 3.05) is 0 Å². The van der Waals surface area contributed by atoms with Crippen molar-refractivity contribution in [3.63, 3.8) is 0 Å². The number of ether oxygens (including phenoxy) is 1. The first-order chi connectivity index (χ1) is 14.9. The maximum atomic E-state index is 12.9. The molecule has 0 aromatic heterocycles. The predicted octanol–water partition coefficient (Wildman–Crippen LogP) is 4.85. The highest BCUT2D eigenvalue weighted by Crippen LogP contribution is 2.42. The molecule has 1 aliphatic rings. The van der Waals surface area contributed by atoms with Gasteiger partial charge >= 0.3 is 11.9 Å². The van der Waals surface area contributed by atoms with Crippen LogP contribution in [0.25, 0.3) is 6.08 Å². The molecule has 0 radical (unpaired) electrons. The Kier molecular flexibility index (Phi) is 6.67. The number of rotatable bonds is 4. The Labute approximate surface area is 199 Å². The normalized spacial score (nSPS) is 14.0. The zero-order chi connectivity index (χ0) is 23.8. The Morgan fingerprint density at radius 1 is 1.06 bits per heavy atom. The van der Waals surface area contributed by atoms with Gasteiger partial charge in [-0.25, -0.2) is 0 Å². The molecule has 3 rings (SSSR count). The largest absolute Gasteiger partial charge is 0.448 e. The molecule has 0 atom stereocenters. The average Bonchev–Trinajstić information content (AvgIpc) is 2.66. The molecular weight excluding hydrogens is 587 g/mol. The Morgan fingerprint density at radius 3 is 2.12 bits per heavy atom. The minimum absolute atomic E-state index is 0.0220. The van der Waals surface area contributed by atoms with Crippen molar-refractivity contribution in [2.45, 2.75) is 6.18 Å². The van der Waals surface area contributed by atoms with E-state index >= 15 is 0 Å². The number of nitrogens with one attached hydrogen (secondary N) is 2. The Hall–Kier alpha value is -2.84. The van der Waals surface area contributed by atoms with Crippen molar-refractivity contribution in [2.24, 2.45) is 0 Å². The summed E-state index contributed by atoms with van der Waals surface area (Å²) >= 11 is 11.1. The minimum Gasteiger partial charge on any atom is -0.448 e. The summed E-state index contributed by atoms with van der Waals surface area (Å²) in [7, 11) is 0. The van der Waals surface area contributed by atoms with Crippen molar-refractivity contribution in [3.05, 3.63) is 66.1 Å². The topological polar surface area (TPSA) is 111 Å². The number of benzene rings is 2. The van der Waals surface area contributed by atoms with Crippen molar-refractivity contribution in [3.8, 4) is 11.5 Å². The van der Waals surface area contributed by atoms with Crippen molar-refractivity contribution >= 4 is 72.8 Å². The van der Waals surface area contributed by atoms with Crippen LogP contribution in [0.2, 0.25) is 0 Å². The third-order valence-corrected chi connectivity index (χ3v) is 5.35. The molecule has 1 saturated heterocycles. The first-order valence-corrected chi connectivity index (χ1v) is 10.3. The standard InChI is InChI=1S/C18H8Br2F3N3O5S/c19-10-4-7(3-9-15(27)24-17(32)25-16(9)28)5-11(20)14(10)31-13-2-1-8(18(21,22)23)6-12(13)26(29)30/h1-6H,(H2,24,25,27,28,32). The number of carbonyl (C=O) groups excluding carboxylic acids is 2. The number of amides is 2. The molecular formula is C18H8Br2F3N3O5S. The molecule has 0 unspecified atom stereocenters. The van der Waals surface area contributed by atoms with Crippen LogP contribution >= 0.6 is 44.1 Å². The highest BCUT2D eigenvalue weighted by molar-refractivity contribution is 9.11. The second kappa shape index (κ2) is 8.96. The molecule has 0 saturated carbocycles. The van der Waals surface area contributed by atoms with Crippen LogP contribution < -0.4 is 15.4 Å². The fourth-order valence-corrected chi connectivity index (χ4v) is 4.14. The maximum absolute atomic E-state index is 12.9. The van der Waals surface area contributed by atoms with Gasteiger partial charge in [-0.2, -0.15) is 13.2 Å². The number of carbonyl (C=O) groups is 2. The van der Waals surface area contributed by atoms with E-state index in [4.69, 9.17) is 17.0 Å². The zero-order valence-electron chi connectivity index (χ0n) is 15.3. The van der Waals surface area contributed by atoms with Crippen LogP contribution in [0.4, 0.5) is 18.9 Å². The highest BCUT2D eigenvalue weighted by atomic mass is 79.9. The molecule has 32 heavy (non-hydrogen) atoms. The first-order valence-electron chi connectivity index (χ1n) is 8.27. The maximum Gasteiger partial charge on any atom is 0.416 e. The van der Waals surface area contributed by atoms with E-state index in [1.165, 1.54) is 18.2 Å². The van der Waals surface area contributed by atoms with E-state index in [1.807, 2.05) is 0 Å². The number of nitro benzene ring substituents is 1. The van der Waals surface area contributed by atoms with E-state index in [0.29, 0.717) is 17.7 Å². The zero-order valence-corrected chi connectivity index (χ0v) is 19.2. The highest BCUT2D eigenvalue weighted by Gasteiger charge is 2.33. The number of hydrogen-bond acceptors (Lipinski definition) is 6. The van der Waals surface area contributed by atoms with Gasteiger partial charge in [0.15, 0.2) is 10.9 Å². The molecule has 1 fully saturated rings. The van der Waals surface area contributed by atoms with Gasteiger partial charge in [-0.05, 0) is 80.0 Å². The summed E-state index contributed by atoms with van der Waals surface area (Å²) in [5, 5.41) is 15.7. The molecule has 2 amide bonds. The van der Waals surface area contributed by atoms with Crippen LogP contribution in [0.5, 0.6) is 11.5 Å². The lowest BCUT2D eigenvalue weighted by Crippen LogP contribution is -2.51. The number of nitro groups is 1. The van der Waals surface area contributed by atoms with Gasteiger partial charge in [-0.3, -0.25) is 30.3 Å². The number of thiocarbonyl (C=S) groups is 1. The summed E-state index contributed by atoms with van der Waals surface area (Å²) in [6.45, 7) is 0. The third kappa shape index (κ3) is 5.14. The third-order valence-electron chi connectivity index (χ3n) is 3.97. The van der Waals surface area contributed by atoms with Gasteiger partial charge in [0, 0.05) is 6.07 Å². The smallest absolute Gasteiger partial charge is 0.416 e. The number of halogens is 5. The molecule has 2 aromatic rings. The van der Waals surface area contributed by atoms with Gasteiger partial charge in [0.25, 0.3) is 11.8 Å². The van der Waals surface area contributed by atoms with Gasteiger partial charge in [-0.15, -0.1) is 0 Å². The molecule has 8 nitrogen and oxygen atoms in total. The lowest BCUT2D eigenvalue weighted by Gasteiger charge is -2.16. The van der Waals surface area contributed by atoms with Gasteiger partial charge < -0.3 is 4.74 Å². The fraction of sp³-hybridized carbons (Fsp3) is 0.0556. The molecule has 0 spiro atoms. The number of nitrogens with zero attached hydrogens (tertiary/aromatic N) is 1. The van der Waals surface area contributed by atoms with E-state index in [-0.39, 0.29) is 25.4 Å². The van der Waals surface area contributed by atoms with Gasteiger partial charge in [0.1, 0.15) is 5.57 Å². The van der Waals surface area contributed by atoms with E-state index in [1.54, 1.807) is 0 Å². The second-order valence-electron chi connectivity index (χ2n) is 6.15. The van der Waals surface area contributed by atoms with Crippen LogP contribution in [-0.2, 0) is 15.8 Å². The van der Waals surface area contributed by atoms with Crippen LogP contribution in [-0.4, -0.2) is 21.9 Å². The minimum atomic E-state index is -4.76. The van der Waals surface area contributed by atoms with Crippen LogP contribution in [0, 0.1) is 10.1 Å². The summed E-state index contributed by atoms with van der Waals surface area (Å²) in [4.78, 5) is 34.2. The number of hydrogen-bond donors (Lipinski definition) is 2. The van der Waals surface area contributed by atoms with Gasteiger partial charge in [0.05, 0.1) is 19.4 Å². The van der Waals surface area contributed by atoms with Crippen molar-refractivity contribution in [1.29, 1.82) is 0 Å². The second-order valence-corrected chi connectivity index (χ2v) is 8.27.